The number of rotatable bonds is 2. The standard InChI is InChI=1S/C9H14BNO/c1-6(11)9(12)7-2-4-8(10)5-3-7/h2-6,9,12H,10-11H2,1H3/t6?,9-/m0/s1. The average Bonchev–Trinajstić information content (AvgIpc) is 2.04. The molecule has 3 heteroatoms. The number of hydrogen-bond acceptors (Lipinski definition) is 2. The van der Waals surface area contributed by atoms with E-state index in [-0.39, 0.29) is 6.04 Å². The Labute approximate surface area is 73.8 Å². The highest BCUT2D eigenvalue weighted by Crippen LogP contribution is 2.13. The number of aliphatic hydroxyl groups is 1. The summed E-state index contributed by atoms with van der Waals surface area (Å²) >= 11 is 0. The van der Waals surface area contributed by atoms with E-state index < -0.39 is 6.10 Å². The van der Waals surface area contributed by atoms with Crippen molar-refractivity contribution in [2.75, 3.05) is 0 Å². The van der Waals surface area contributed by atoms with Crippen molar-refractivity contribution in [2.24, 2.45) is 5.73 Å². The Morgan fingerprint density at radius 2 is 1.83 bits per heavy atom. The van der Waals surface area contributed by atoms with Crippen LogP contribution in [-0.2, 0) is 0 Å². The Bertz CT molecular complexity index is 245. The molecule has 1 unspecified atom stereocenters. The van der Waals surface area contributed by atoms with Crippen LogP contribution >= 0.6 is 0 Å². The van der Waals surface area contributed by atoms with Crippen LogP contribution in [0, 0.1) is 0 Å². The molecule has 1 aromatic rings. The van der Waals surface area contributed by atoms with E-state index in [4.69, 9.17) is 5.73 Å². The lowest BCUT2D eigenvalue weighted by atomic mass is 9.93. The second-order valence-corrected chi connectivity index (χ2v) is 3.21. The van der Waals surface area contributed by atoms with Gasteiger partial charge in [0.15, 0.2) is 0 Å². The van der Waals surface area contributed by atoms with E-state index in [1.165, 1.54) is 5.46 Å². The number of benzene rings is 1. The van der Waals surface area contributed by atoms with E-state index in [1.807, 2.05) is 32.1 Å². The lowest BCUT2D eigenvalue weighted by Crippen LogP contribution is -2.24. The molecular formula is C9H14BNO. The lowest BCUT2D eigenvalue weighted by Gasteiger charge is -2.14. The van der Waals surface area contributed by atoms with Crippen molar-refractivity contribution in [1.29, 1.82) is 0 Å². The van der Waals surface area contributed by atoms with E-state index in [0.717, 1.165) is 5.56 Å². The third-order valence-electron chi connectivity index (χ3n) is 1.92. The van der Waals surface area contributed by atoms with Gasteiger partial charge in [0.25, 0.3) is 0 Å². The van der Waals surface area contributed by atoms with Gasteiger partial charge in [0, 0.05) is 6.04 Å². The molecule has 12 heavy (non-hydrogen) atoms. The molecule has 0 aliphatic heterocycles. The van der Waals surface area contributed by atoms with Gasteiger partial charge in [0.2, 0.25) is 0 Å². The van der Waals surface area contributed by atoms with Crippen molar-refractivity contribution in [3.8, 4) is 0 Å². The minimum absolute atomic E-state index is 0.215. The van der Waals surface area contributed by atoms with E-state index in [0.29, 0.717) is 0 Å². The Morgan fingerprint density at radius 3 is 2.25 bits per heavy atom. The summed E-state index contributed by atoms with van der Waals surface area (Å²) in [5.41, 5.74) is 7.63. The van der Waals surface area contributed by atoms with Crippen LogP contribution in [0.2, 0.25) is 0 Å². The Kier molecular flexibility index (Phi) is 2.90. The summed E-state index contributed by atoms with van der Waals surface area (Å²) in [4.78, 5) is 0. The molecule has 0 heterocycles. The number of aliphatic hydroxyl groups excluding tert-OH is 1. The van der Waals surface area contributed by atoms with Gasteiger partial charge in [-0.05, 0) is 12.5 Å². The van der Waals surface area contributed by atoms with E-state index in [1.54, 1.807) is 6.92 Å². The Morgan fingerprint density at radius 1 is 1.33 bits per heavy atom. The minimum atomic E-state index is -0.550. The molecule has 1 aromatic carbocycles. The first-order valence-electron chi connectivity index (χ1n) is 4.11. The van der Waals surface area contributed by atoms with Gasteiger partial charge < -0.3 is 10.8 Å². The van der Waals surface area contributed by atoms with Crippen LogP contribution in [0.15, 0.2) is 24.3 Å². The molecular weight excluding hydrogens is 149 g/mol. The van der Waals surface area contributed by atoms with Gasteiger partial charge in [-0.2, -0.15) is 0 Å². The summed E-state index contributed by atoms with van der Waals surface area (Å²) in [6.45, 7) is 1.80. The van der Waals surface area contributed by atoms with Gasteiger partial charge in [-0.1, -0.05) is 29.7 Å². The molecule has 0 aromatic heterocycles. The zero-order valence-electron chi connectivity index (χ0n) is 7.49. The fraction of sp³-hybridized carbons (Fsp3) is 0.333. The van der Waals surface area contributed by atoms with Crippen LogP contribution in [0.25, 0.3) is 0 Å². The smallest absolute Gasteiger partial charge is 0.139 e. The zero-order chi connectivity index (χ0) is 9.14. The van der Waals surface area contributed by atoms with Crippen LogP contribution in [-0.4, -0.2) is 19.0 Å². The molecule has 3 N–H and O–H groups in total. The second kappa shape index (κ2) is 3.74. The predicted octanol–water partition coefficient (Wildman–Crippen LogP) is -0.674. The molecule has 0 bridgehead atoms. The van der Waals surface area contributed by atoms with Crippen molar-refractivity contribution in [3.05, 3.63) is 29.8 Å². The molecule has 64 valence electrons. The fourth-order valence-corrected chi connectivity index (χ4v) is 1.07. The highest BCUT2D eigenvalue weighted by molar-refractivity contribution is 6.32. The summed E-state index contributed by atoms with van der Waals surface area (Å²) < 4.78 is 0. The summed E-state index contributed by atoms with van der Waals surface area (Å²) in [5.74, 6) is 0. The summed E-state index contributed by atoms with van der Waals surface area (Å²) in [5, 5.41) is 9.56. The third-order valence-corrected chi connectivity index (χ3v) is 1.92. The predicted molar refractivity (Wildman–Crippen MR) is 53.2 cm³/mol. The van der Waals surface area contributed by atoms with Gasteiger partial charge in [-0.15, -0.1) is 0 Å². The Balaban J connectivity index is 2.82. The average molecular weight is 163 g/mol. The van der Waals surface area contributed by atoms with Gasteiger partial charge >= 0.3 is 0 Å². The molecule has 0 spiro atoms. The topological polar surface area (TPSA) is 46.2 Å². The van der Waals surface area contributed by atoms with Crippen molar-refractivity contribution >= 4 is 13.3 Å². The molecule has 0 saturated heterocycles. The maximum Gasteiger partial charge on any atom is 0.139 e. The molecule has 2 atom stereocenters. The molecule has 0 radical (unpaired) electrons. The highest BCUT2D eigenvalue weighted by Gasteiger charge is 2.10. The van der Waals surface area contributed by atoms with Crippen molar-refractivity contribution in [3.63, 3.8) is 0 Å². The highest BCUT2D eigenvalue weighted by atomic mass is 16.3. The fourth-order valence-electron chi connectivity index (χ4n) is 1.07. The van der Waals surface area contributed by atoms with Crippen LogP contribution in [0.1, 0.15) is 18.6 Å². The third kappa shape index (κ3) is 2.09. The number of hydrogen-bond donors (Lipinski definition) is 2. The first kappa shape index (κ1) is 9.29. The minimum Gasteiger partial charge on any atom is -0.387 e. The van der Waals surface area contributed by atoms with E-state index in [9.17, 15) is 5.11 Å². The molecule has 2 nitrogen and oxygen atoms in total. The van der Waals surface area contributed by atoms with Crippen LogP contribution in [0.5, 0.6) is 0 Å². The molecule has 0 aliphatic rings. The van der Waals surface area contributed by atoms with Gasteiger partial charge in [0.05, 0.1) is 6.10 Å². The maximum absolute atomic E-state index is 9.56. The van der Waals surface area contributed by atoms with Gasteiger partial charge in [-0.25, -0.2) is 0 Å². The summed E-state index contributed by atoms with van der Waals surface area (Å²) in [6.07, 6.45) is -0.550. The first-order valence-corrected chi connectivity index (χ1v) is 4.11. The molecule has 0 fully saturated rings. The maximum atomic E-state index is 9.56. The van der Waals surface area contributed by atoms with Crippen molar-refractivity contribution < 1.29 is 5.11 Å². The SMILES string of the molecule is Bc1ccc([C@@H](O)C(C)N)cc1. The largest absolute Gasteiger partial charge is 0.387 e. The van der Waals surface area contributed by atoms with E-state index in [2.05, 4.69) is 0 Å². The lowest BCUT2D eigenvalue weighted by molar-refractivity contribution is 0.153. The van der Waals surface area contributed by atoms with Crippen molar-refractivity contribution in [1.82, 2.24) is 0 Å². The molecule has 0 saturated carbocycles. The van der Waals surface area contributed by atoms with Gasteiger partial charge in [-0.3, -0.25) is 0 Å². The van der Waals surface area contributed by atoms with E-state index >= 15 is 0 Å². The Hall–Kier alpha value is -0.795. The number of nitrogens with two attached hydrogens (primary N) is 1. The molecule has 0 amide bonds. The van der Waals surface area contributed by atoms with Crippen molar-refractivity contribution in [2.45, 2.75) is 19.1 Å². The summed E-state index contributed by atoms with van der Waals surface area (Å²) in [6, 6.07) is 7.54. The monoisotopic (exact) mass is 163 g/mol. The first-order chi connectivity index (χ1) is 5.61. The van der Waals surface area contributed by atoms with Crippen LogP contribution in [0.4, 0.5) is 0 Å². The molecule has 1 rings (SSSR count). The van der Waals surface area contributed by atoms with Crippen LogP contribution in [0.3, 0.4) is 0 Å². The van der Waals surface area contributed by atoms with Crippen LogP contribution < -0.4 is 11.2 Å². The summed E-state index contributed by atoms with van der Waals surface area (Å²) in [7, 11) is 2.02. The normalized spacial score (nSPS) is 15.6. The molecule has 0 aliphatic carbocycles. The second-order valence-electron chi connectivity index (χ2n) is 3.21. The quantitative estimate of drug-likeness (QED) is 0.567. The zero-order valence-corrected chi connectivity index (χ0v) is 7.49. The van der Waals surface area contributed by atoms with Gasteiger partial charge in [0.1, 0.15) is 7.85 Å².